The number of benzene rings is 2. The first-order chi connectivity index (χ1) is 10.5. The van der Waals surface area contributed by atoms with E-state index in [4.69, 9.17) is 4.74 Å². The number of allylic oxidation sites excluding steroid dienone is 2. The molecule has 4 heteroatoms. The van der Waals surface area contributed by atoms with E-state index in [0.29, 0.717) is 11.1 Å². The van der Waals surface area contributed by atoms with Crippen molar-refractivity contribution in [3.8, 4) is 0 Å². The minimum absolute atomic E-state index is 0.226. The highest BCUT2D eigenvalue weighted by Crippen LogP contribution is 2.39. The van der Waals surface area contributed by atoms with Crippen molar-refractivity contribution >= 4 is 11.5 Å². The summed E-state index contributed by atoms with van der Waals surface area (Å²) in [6.07, 6.45) is -2.12. The van der Waals surface area contributed by atoms with Crippen LogP contribution in [0.3, 0.4) is 0 Å². The van der Waals surface area contributed by atoms with Crippen molar-refractivity contribution < 1.29 is 17.9 Å². The Morgan fingerprint density at radius 1 is 0.682 bits per heavy atom. The third-order valence-electron chi connectivity index (χ3n) is 3.38. The fourth-order valence-electron chi connectivity index (χ4n) is 2.26. The van der Waals surface area contributed by atoms with Crippen molar-refractivity contribution in [3.05, 3.63) is 83.9 Å². The van der Waals surface area contributed by atoms with Gasteiger partial charge in [-0.05, 0) is 12.2 Å². The molecule has 0 saturated carbocycles. The second kappa shape index (κ2) is 5.72. The fourth-order valence-corrected chi connectivity index (χ4v) is 2.26. The zero-order valence-electron chi connectivity index (χ0n) is 11.5. The summed E-state index contributed by atoms with van der Waals surface area (Å²) in [5, 5.41) is 0. The second-order valence-electron chi connectivity index (χ2n) is 4.96. The third-order valence-corrected chi connectivity index (χ3v) is 3.38. The van der Waals surface area contributed by atoms with Crippen LogP contribution in [0.15, 0.2) is 72.8 Å². The van der Waals surface area contributed by atoms with Gasteiger partial charge in [-0.3, -0.25) is 0 Å². The summed E-state index contributed by atoms with van der Waals surface area (Å²) in [5.41, 5.74) is 1.25. The van der Waals surface area contributed by atoms with Gasteiger partial charge in [0.15, 0.2) is 0 Å². The van der Waals surface area contributed by atoms with Gasteiger partial charge in [0.2, 0.25) is 0 Å². The van der Waals surface area contributed by atoms with E-state index in [9.17, 15) is 13.2 Å². The Balaban J connectivity index is 2.02. The Hall–Kier alpha value is -2.49. The summed E-state index contributed by atoms with van der Waals surface area (Å²) >= 11 is 0. The molecule has 0 unspecified atom stereocenters. The van der Waals surface area contributed by atoms with Crippen LogP contribution in [0.5, 0.6) is 0 Å². The lowest BCUT2D eigenvalue weighted by Gasteiger charge is -2.24. The lowest BCUT2D eigenvalue weighted by atomic mass is 9.99. The summed E-state index contributed by atoms with van der Waals surface area (Å²) in [4.78, 5) is 0. The van der Waals surface area contributed by atoms with Crippen LogP contribution in [0.4, 0.5) is 13.2 Å². The number of hydrogen-bond donors (Lipinski definition) is 0. The van der Waals surface area contributed by atoms with Crippen LogP contribution in [-0.2, 0) is 4.74 Å². The molecule has 1 aliphatic heterocycles. The normalized spacial score (nSPS) is 15.8. The van der Waals surface area contributed by atoms with Crippen molar-refractivity contribution in [2.45, 2.75) is 6.18 Å². The highest BCUT2D eigenvalue weighted by Gasteiger charge is 2.39. The van der Waals surface area contributed by atoms with E-state index in [1.54, 1.807) is 48.5 Å². The predicted molar refractivity (Wildman–Crippen MR) is 79.5 cm³/mol. The zero-order valence-corrected chi connectivity index (χ0v) is 11.5. The maximum Gasteiger partial charge on any atom is 0.398 e. The van der Waals surface area contributed by atoms with E-state index < -0.39 is 12.1 Å². The minimum Gasteiger partial charge on any atom is -0.457 e. The Kier molecular flexibility index (Phi) is 3.75. The third kappa shape index (κ3) is 3.06. The SMILES string of the molecule is FC(F)(F)C1C=C(c2ccccc2)OC(c2ccccc2)=C1. The molecule has 112 valence electrons. The summed E-state index contributed by atoms with van der Waals surface area (Å²) in [5.74, 6) is -1.21. The van der Waals surface area contributed by atoms with Gasteiger partial charge in [0.25, 0.3) is 0 Å². The topological polar surface area (TPSA) is 9.23 Å². The van der Waals surface area contributed by atoms with E-state index in [2.05, 4.69) is 0 Å². The van der Waals surface area contributed by atoms with Crippen LogP contribution < -0.4 is 0 Å². The molecule has 22 heavy (non-hydrogen) atoms. The van der Waals surface area contributed by atoms with Crippen LogP contribution in [-0.4, -0.2) is 6.18 Å². The first-order valence-corrected chi connectivity index (χ1v) is 6.83. The van der Waals surface area contributed by atoms with E-state index in [1.165, 1.54) is 0 Å². The van der Waals surface area contributed by atoms with E-state index in [-0.39, 0.29) is 11.5 Å². The zero-order chi connectivity index (χ0) is 15.6. The molecule has 0 saturated heterocycles. The molecule has 0 spiro atoms. The molecule has 0 radical (unpaired) electrons. The maximum atomic E-state index is 13.2. The molecule has 2 aromatic carbocycles. The van der Waals surface area contributed by atoms with Gasteiger partial charge in [0, 0.05) is 11.1 Å². The van der Waals surface area contributed by atoms with Crippen molar-refractivity contribution in [2.75, 3.05) is 0 Å². The van der Waals surface area contributed by atoms with E-state index in [1.807, 2.05) is 12.1 Å². The van der Waals surface area contributed by atoms with E-state index in [0.717, 1.165) is 12.2 Å². The largest absolute Gasteiger partial charge is 0.457 e. The molecule has 1 aliphatic rings. The van der Waals surface area contributed by atoms with Crippen LogP contribution in [0, 0.1) is 5.92 Å². The summed E-state index contributed by atoms with van der Waals surface area (Å²) < 4.78 is 45.2. The summed E-state index contributed by atoms with van der Waals surface area (Å²) in [7, 11) is 0. The molecule has 0 bridgehead atoms. The minimum atomic E-state index is -4.34. The number of rotatable bonds is 2. The van der Waals surface area contributed by atoms with Gasteiger partial charge in [-0.2, -0.15) is 13.2 Å². The smallest absolute Gasteiger partial charge is 0.398 e. The summed E-state index contributed by atoms with van der Waals surface area (Å²) in [6, 6.07) is 17.6. The molecule has 1 heterocycles. The number of hydrogen-bond acceptors (Lipinski definition) is 1. The standard InChI is InChI=1S/C18H13F3O/c19-18(20,21)15-11-16(13-7-3-1-4-8-13)22-17(12-15)14-9-5-2-6-10-14/h1-12,15H. The Morgan fingerprint density at radius 2 is 1.09 bits per heavy atom. The highest BCUT2D eigenvalue weighted by atomic mass is 19.4. The molecule has 0 aliphatic carbocycles. The van der Waals surface area contributed by atoms with Gasteiger partial charge >= 0.3 is 6.18 Å². The molecule has 2 aromatic rings. The summed E-state index contributed by atoms with van der Waals surface area (Å²) in [6.45, 7) is 0. The van der Waals surface area contributed by atoms with Crippen LogP contribution in [0.2, 0.25) is 0 Å². The molecule has 0 atom stereocenters. The average molecular weight is 302 g/mol. The molecule has 0 N–H and O–H groups in total. The highest BCUT2D eigenvalue weighted by molar-refractivity contribution is 5.73. The van der Waals surface area contributed by atoms with E-state index >= 15 is 0 Å². The van der Waals surface area contributed by atoms with Gasteiger partial charge in [0.05, 0.1) is 5.92 Å². The Labute approximate surface area is 126 Å². The molecule has 0 amide bonds. The molecule has 3 rings (SSSR count). The number of alkyl halides is 3. The van der Waals surface area contributed by atoms with Gasteiger partial charge < -0.3 is 4.74 Å². The Morgan fingerprint density at radius 3 is 1.45 bits per heavy atom. The first kappa shape index (κ1) is 14.4. The Bertz CT molecular complexity index is 645. The number of ether oxygens (including phenoxy) is 1. The van der Waals surface area contributed by atoms with Crippen LogP contribution in [0.25, 0.3) is 11.5 Å². The van der Waals surface area contributed by atoms with Crippen LogP contribution in [0.1, 0.15) is 11.1 Å². The lowest BCUT2D eigenvalue weighted by Crippen LogP contribution is -2.22. The van der Waals surface area contributed by atoms with Crippen LogP contribution >= 0.6 is 0 Å². The lowest BCUT2D eigenvalue weighted by molar-refractivity contribution is -0.149. The van der Waals surface area contributed by atoms with Gasteiger partial charge in [-0.25, -0.2) is 0 Å². The molecule has 0 aromatic heterocycles. The molecular weight excluding hydrogens is 289 g/mol. The quantitative estimate of drug-likeness (QED) is 0.733. The second-order valence-corrected chi connectivity index (χ2v) is 4.96. The van der Waals surface area contributed by atoms with Crippen molar-refractivity contribution in [2.24, 2.45) is 5.92 Å². The monoisotopic (exact) mass is 302 g/mol. The van der Waals surface area contributed by atoms with Gasteiger partial charge in [0.1, 0.15) is 11.5 Å². The molecular formula is C18H13F3O. The van der Waals surface area contributed by atoms with Gasteiger partial charge in [-0.15, -0.1) is 0 Å². The molecule has 1 nitrogen and oxygen atoms in total. The molecule has 0 fully saturated rings. The maximum absolute atomic E-state index is 13.2. The van der Waals surface area contributed by atoms with Crippen molar-refractivity contribution in [3.63, 3.8) is 0 Å². The van der Waals surface area contributed by atoms with Gasteiger partial charge in [-0.1, -0.05) is 60.7 Å². The first-order valence-electron chi connectivity index (χ1n) is 6.83. The fraction of sp³-hybridized carbons (Fsp3) is 0.111. The van der Waals surface area contributed by atoms with Crippen molar-refractivity contribution in [1.82, 2.24) is 0 Å². The van der Waals surface area contributed by atoms with Crippen molar-refractivity contribution in [1.29, 1.82) is 0 Å². The average Bonchev–Trinajstić information content (AvgIpc) is 2.55. The predicted octanol–water partition coefficient (Wildman–Crippen LogP) is 5.28. The number of halogens is 3.